The molecule has 0 N–H and O–H groups in total. The number of hydrogen-bond acceptors (Lipinski definition) is 0. The van der Waals surface area contributed by atoms with Crippen LogP contribution in [0.3, 0.4) is 0 Å². The van der Waals surface area contributed by atoms with Gasteiger partial charge in [0.1, 0.15) is 8.07 Å². The van der Waals surface area contributed by atoms with Gasteiger partial charge in [-0.3, -0.25) is 0 Å². The van der Waals surface area contributed by atoms with Crippen molar-refractivity contribution < 1.29 is 0 Å². The Hall–Kier alpha value is -1.34. The first kappa shape index (κ1) is 23.9. The van der Waals surface area contributed by atoms with Crippen LogP contribution < -0.4 is 10.4 Å². The number of hydrogen-bond donors (Lipinski definition) is 0. The van der Waals surface area contributed by atoms with E-state index in [-0.39, 0.29) is 5.04 Å². The molecule has 1 heteroatoms. The molecular formula is C28H44Si. The zero-order valence-corrected chi connectivity index (χ0v) is 22.2. The standard InChI is InChI=1S/C28H44Si/c1-19-15-21(3)25(22(4)16-19)29(28(10,11)12,14-13-27(7,8)9)26-23(5)17-20(2)18-24(26)6/h15-18H,13-14H2,1-12H3. The molecule has 0 fully saturated rings. The third-order valence-electron chi connectivity index (χ3n) is 6.74. The largest absolute Gasteiger partial charge is 0.124 e. The fourth-order valence-corrected chi connectivity index (χ4v) is 12.9. The lowest BCUT2D eigenvalue weighted by atomic mass is 9.93. The molecule has 0 amide bonds. The van der Waals surface area contributed by atoms with Gasteiger partial charge in [-0.1, -0.05) is 106 Å². The lowest BCUT2D eigenvalue weighted by Crippen LogP contribution is -2.67. The number of rotatable bonds is 4. The molecule has 0 aliphatic carbocycles. The van der Waals surface area contributed by atoms with Crippen molar-refractivity contribution in [2.45, 2.75) is 101 Å². The van der Waals surface area contributed by atoms with Gasteiger partial charge in [0.2, 0.25) is 0 Å². The van der Waals surface area contributed by atoms with Gasteiger partial charge in [-0.15, -0.1) is 0 Å². The van der Waals surface area contributed by atoms with Crippen LogP contribution in [0, 0.1) is 47.0 Å². The van der Waals surface area contributed by atoms with Crippen LogP contribution in [0.1, 0.15) is 81.3 Å². The highest BCUT2D eigenvalue weighted by Crippen LogP contribution is 2.43. The molecule has 0 unspecified atom stereocenters. The molecule has 2 aromatic rings. The predicted octanol–water partition coefficient (Wildman–Crippen LogP) is 7.34. The third kappa shape index (κ3) is 4.71. The van der Waals surface area contributed by atoms with Crippen LogP contribution in [0.25, 0.3) is 0 Å². The Kier molecular flexibility index (Phi) is 6.65. The van der Waals surface area contributed by atoms with E-state index in [1.165, 1.54) is 45.8 Å². The van der Waals surface area contributed by atoms with Crippen molar-refractivity contribution in [3.63, 3.8) is 0 Å². The van der Waals surface area contributed by atoms with Gasteiger partial charge in [0.25, 0.3) is 0 Å². The van der Waals surface area contributed by atoms with Crippen molar-refractivity contribution >= 4 is 18.4 Å². The van der Waals surface area contributed by atoms with Gasteiger partial charge in [0.05, 0.1) is 0 Å². The van der Waals surface area contributed by atoms with Gasteiger partial charge >= 0.3 is 0 Å². The van der Waals surface area contributed by atoms with Crippen LogP contribution in [0.15, 0.2) is 24.3 Å². The first-order valence-electron chi connectivity index (χ1n) is 11.3. The monoisotopic (exact) mass is 408 g/mol. The molecule has 29 heavy (non-hydrogen) atoms. The Morgan fingerprint density at radius 3 is 1.14 bits per heavy atom. The zero-order chi connectivity index (χ0) is 22.4. The molecule has 0 atom stereocenters. The summed E-state index contributed by atoms with van der Waals surface area (Å²) in [5.41, 5.74) is 9.09. The molecule has 2 aromatic carbocycles. The topological polar surface area (TPSA) is 0 Å². The van der Waals surface area contributed by atoms with Gasteiger partial charge in [-0.2, -0.15) is 0 Å². The minimum absolute atomic E-state index is 0.230. The Morgan fingerprint density at radius 2 is 0.897 bits per heavy atom. The fraction of sp³-hybridized carbons (Fsp3) is 0.571. The summed E-state index contributed by atoms with van der Waals surface area (Å²) in [5.74, 6) is 0. The summed E-state index contributed by atoms with van der Waals surface area (Å²) < 4.78 is 0. The highest BCUT2D eigenvalue weighted by Gasteiger charge is 2.50. The van der Waals surface area contributed by atoms with E-state index in [1.54, 1.807) is 10.4 Å². The van der Waals surface area contributed by atoms with Gasteiger partial charge in [-0.05, 0) is 68.4 Å². The van der Waals surface area contributed by atoms with Crippen molar-refractivity contribution in [1.82, 2.24) is 0 Å². The third-order valence-corrected chi connectivity index (χ3v) is 13.6. The quantitative estimate of drug-likeness (QED) is 0.464. The van der Waals surface area contributed by atoms with Gasteiger partial charge in [0, 0.05) is 0 Å². The minimum atomic E-state index is -2.08. The van der Waals surface area contributed by atoms with E-state index in [0.717, 1.165) is 0 Å². The van der Waals surface area contributed by atoms with E-state index in [4.69, 9.17) is 0 Å². The Balaban J connectivity index is 3.02. The SMILES string of the molecule is Cc1cc(C)c([Si](CCC(C)(C)C)(c2c(C)cc(C)cc2C)C(C)(C)C)c(C)c1. The maximum Gasteiger partial charge on any atom is 0.124 e. The highest BCUT2D eigenvalue weighted by molar-refractivity contribution is 7.05. The second-order valence-electron chi connectivity index (χ2n) is 11.8. The number of aryl methyl sites for hydroxylation is 6. The molecule has 0 radical (unpaired) electrons. The van der Waals surface area contributed by atoms with Crippen LogP contribution in [-0.2, 0) is 0 Å². The smallest absolute Gasteiger partial charge is 0.0620 e. The van der Waals surface area contributed by atoms with Crippen LogP contribution in [0.2, 0.25) is 11.1 Å². The molecule has 0 heterocycles. The van der Waals surface area contributed by atoms with Crippen LogP contribution in [0.4, 0.5) is 0 Å². The molecule has 0 aliphatic rings. The van der Waals surface area contributed by atoms with Gasteiger partial charge in [0.15, 0.2) is 0 Å². The van der Waals surface area contributed by atoms with E-state index >= 15 is 0 Å². The molecule has 160 valence electrons. The summed E-state index contributed by atoms with van der Waals surface area (Å²) in [6, 6.07) is 11.0. The summed E-state index contributed by atoms with van der Waals surface area (Å²) in [6.07, 6.45) is 1.26. The maximum atomic E-state index is 2.51. The van der Waals surface area contributed by atoms with Gasteiger partial charge < -0.3 is 0 Å². The molecular weight excluding hydrogens is 364 g/mol. The second-order valence-corrected chi connectivity index (χ2v) is 16.6. The first-order valence-corrected chi connectivity index (χ1v) is 13.5. The van der Waals surface area contributed by atoms with Gasteiger partial charge in [-0.25, -0.2) is 0 Å². The number of benzene rings is 2. The van der Waals surface area contributed by atoms with Crippen molar-refractivity contribution in [3.8, 4) is 0 Å². The van der Waals surface area contributed by atoms with E-state index < -0.39 is 8.07 Å². The van der Waals surface area contributed by atoms with E-state index in [0.29, 0.717) is 5.41 Å². The average molecular weight is 409 g/mol. The van der Waals surface area contributed by atoms with E-state index in [9.17, 15) is 0 Å². The Morgan fingerprint density at radius 1 is 0.586 bits per heavy atom. The van der Waals surface area contributed by atoms with Crippen molar-refractivity contribution in [2.75, 3.05) is 0 Å². The Labute approximate surface area is 182 Å². The minimum Gasteiger partial charge on any atom is -0.0620 e. The van der Waals surface area contributed by atoms with E-state index in [1.807, 2.05) is 0 Å². The highest BCUT2D eigenvalue weighted by atomic mass is 28.3. The van der Waals surface area contributed by atoms with E-state index in [2.05, 4.69) is 107 Å². The second kappa shape index (κ2) is 8.06. The predicted molar refractivity (Wildman–Crippen MR) is 135 cm³/mol. The van der Waals surface area contributed by atoms with Crippen molar-refractivity contribution in [3.05, 3.63) is 57.6 Å². The molecule has 0 spiro atoms. The summed E-state index contributed by atoms with van der Waals surface area (Å²) >= 11 is 0. The molecule has 0 aliphatic heterocycles. The molecule has 0 saturated heterocycles. The normalized spacial score (nSPS) is 13.1. The summed E-state index contributed by atoms with van der Waals surface area (Å²) in [6.45, 7) is 28.7. The first-order chi connectivity index (χ1) is 13.1. The zero-order valence-electron chi connectivity index (χ0n) is 21.2. The molecule has 0 bridgehead atoms. The molecule has 2 rings (SSSR count). The van der Waals surface area contributed by atoms with Crippen LogP contribution in [0.5, 0.6) is 0 Å². The fourth-order valence-electron chi connectivity index (χ4n) is 5.77. The molecule has 0 aromatic heterocycles. The van der Waals surface area contributed by atoms with Crippen molar-refractivity contribution in [2.24, 2.45) is 5.41 Å². The summed E-state index contributed by atoms with van der Waals surface area (Å²) in [5, 5.41) is 3.61. The average Bonchev–Trinajstić information content (AvgIpc) is 2.47. The summed E-state index contributed by atoms with van der Waals surface area (Å²) in [4.78, 5) is 0. The Bertz CT molecular complexity index is 784. The lowest BCUT2D eigenvalue weighted by Gasteiger charge is -2.48. The molecule has 0 saturated carbocycles. The van der Waals surface area contributed by atoms with Crippen LogP contribution in [-0.4, -0.2) is 8.07 Å². The summed E-state index contributed by atoms with van der Waals surface area (Å²) in [7, 11) is -2.08. The molecule has 0 nitrogen and oxygen atoms in total. The maximum absolute atomic E-state index is 2.51. The lowest BCUT2D eigenvalue weighted by molar-refractivity contribution is 0.394. The van der Waals surface area contributed by atoms with Crippen LogP contribution >= 0.6 is 0 Å². The van der Waals surface area contributed by atoms with Crippen molar-refractivity contribution in [1.29, 1.82) is 0 Å².